The average Bonchev–Trinajstić information content (AvgIpc) is 3.50. The van der Waals surface area contributed by atoms with E-state index in [2.05, 4.69) is 20.2 Å². The normalized spacial score (nSPS) is 12.6. The third-order valence-electron chi connectivity index (χ3n) is 4.68. The van der Waals surface area contributed by atoms with Crippen molar-refractivity contribution >= 4 is 33.3 Å². The number of aromatic nitrogens is 5. The van der Waals surface area contributed by atoms with Crippen molar-refractivity contribution in [2.24, 2.45) is 0 Å². The Bertz CT molecular complexity index is 1400. The van der Waals surface area contributed by atoms with Crippen LogP contribution in [0.25, 0.3) is 32.9 Å². The molecule has 0 bridgehead atoms. The molecular formula is C19H16N6O3S2. The number of thioether (sulfide) groups is 1. The molecule has 1 unspecified atom stereocenters. The Morgan fingerprint density at radius 2 is 2.10 bits per heavy atom. The molecule has 5 aromatic heterocycles. The fourth-order valence-electron chi connectivity index (χ4n) is 3.14. The van der Waals surface area contributed by atoms with Crippen molar-refractivity contribution < 1.29 is 8.83 Å². The number of rotatable bonds is 5. The van der Waals surface area contributed by atoms with Gasteiger partial charge in [-0.05, 0) is 32.0 Å². The summed E-state index contributed by atoms with van der Waals surface area (Å²) >= 11 is 2.76. The van der Waals surface area contributed by atoms with Crippen LogP contribution in [0.2, 0.25) is 0 Å². The van der Waals surface area contributed by atoms with E-state index in [4.69, 9.17) is 14.7 Å². The third-order valence-corrected chi connectivity index (χ3v) is 6.62. The number of aryl methyl sites for hydroxylation is 1. The van der Waals surface area contributed by atoms with E-state index in [-0.39, 0.29) is 10.8 Å². The summed E-state index contributed by atoms with van der Waals surface area (Å²) in [4.78, 5) is 21.0. The predicted molar refractivity (Wildman–Crippen MR) is 115 cm³/mol. The SMILES string of the molecule is Cc1occc1-c1nnc(SC(C)c2nc3scc(-c4ccco4)c3c(=O)[nH]2)n1N. The molecule has 5 aromatic rings. The lowest BCUT2D eigenvalue weighted by atomic mass is 10.2. The third kappa shape index (κ3) is 3.02. The topological polar surface area (TPSA) is 129 Å². The molecule has 0 spiro atoms. The Balaban J connectivity index is 1.46. The second kappa shape index (κ2) is 7.18. The van der Waals surface area contributed by atoms with Crippen LogP contribution in [0, 0.1) is 6.92 Å². The highest BCUT2D eigenvalue weighted by molar-refractivity contribution is 7.99. The van der Waals surface area contributed by atoms with Crippen molar-refractivity contribution in [2.45, 2.75) is 24.3 Å². The number of hydrogen-bond donors (Lipinski definition) is 2. The molecule has 0 amide bonds. The van der Waals surface area contributed by atoms with E-state index in [9.17, 15) is 4.79 Å². The van der Waals surface area contributed by atoms with Crippen LogP contribution in [0.5, 0.6) is 0 Å². The van der Waals surface area contributed by atoms with Gasteiger partial charge in [-0.2, -0.15) is 0 Å². The molecule has 5 rings (SSSR count). The molecule has 3 N–H and O–H groups in total. The van der Waals surface area contributed by atoms with Crippen molar-refractivity contribution in [2.75, 3.05) is 5.84 Å². The van der Waals surface area contributed by atoms with Crippen molar-refractivity contribution in [3.05, 3.63) is 58.0 Å². The van der Waals surface area contributed by atoms with Crippen LogP contribution >= 0.6 is 23.1 Å². The van der Waals surface area contributed by atoms with Crippen molar-refractivity contribution in [1.82, 2.24) is 24.8 Å². The van der Waals surface area contributed by atoms with Gasteiger partial charge in [0, 0.05) is 10.9 Å². The van der Waals surface area contributed by atoms with Crippen LogP contribution in [0.1, 0.15) is 23.8 Å². The Morgan fingerprint density at radius 3 is 2.83 bits per heavy atom. The second-order valence-corrected chi connectivity index (χ2v) is 8.75. The van der Waals surface area contributed by atoms with E-state index < -0.39 is 0 Å². The van der Waals surface area contributed by atoms with E-state index in [1.807, 2.05) is 25.3 Å². The zero-order valence-electron chi connectivity index (χ0n) is 15.9. The minimum atomic E-state index is -0.209. The Morgan fingerprint density at radius 1 is 1.23 bits per heavy atom. The molecule has 0 saturated carbocycles. The van der Waals surface area contributed by atoms with Gasteiger partial charge in [0.25, 0.3) is 5.56 Å². The van der Waals surface area contributed by atoms with Crippen LogP contribution in [-0.4, -0.2) is 24.8 Å². The molecule has 5 heterocycles. The lowest BCUT2D eigenvalue weighted by molar-refractivity contribution is 0.535. The van der Waals surface area contributed by atoms with Gasteiger partial charge < -0.3 is 19.7 Å². The Hall–Kier alpha value is -3.31. The summed E-state index contributed by atoms with van der Waals surface area (Å²) in [6.45, 7) is 3.76. The molecular weight excluding hydrogens is 424 g/mol. The highest BCUT2D eigenvalue weighted by atomic mass is 32.2. The number of aromatic amines is 1. The standard InChI is InChI=1S/C19H16N6O3S2/c1-9-11(5-7-27-9)16-23-24-19(25(16)20)30-10(2)15-21-17(26)14-12(8-29-18(14)22-15)13-4-3-6-28-13/h3-8,10H,20H2,1-2H3,(H,21,22,26). The molecule has 0 aliphatic rings. The van der Waals surface area contributed by atoms with E-state index in [0.29, 0.717) is 38.5 Å². The summed E-state index contributed by atoms with van der Waals surface area (Å²) in [5.41, 5.74) is 1.31. The highest BCUT2D eigenvalue weighted by Crippen LogP contribution is 2.35. The fraction of sp³-hybridized carbons (Fsp3) is 0.158. The zero-order chi connectivity index (χ0) is 20.8. The molecule has 0 fully saturated rings. The summed E-state index contributed by atoms with van der Waals surface area (Å²) in [5, 5.41) is 11.0. The number of nitrogen functional groups attached to an aromatic ring is 1. The van der Waals surface area contributed by atoms with Crippen LogP contribution in [0.15, 0.2) is 54.9 Å². The minimum absolute atomic E-state index is 0.207. The minimum Gasteiger partial charge on any atom is -0.469 e. The van der Waals surface area contributed by atoms with Crippen molar-refractivity contribution in [1.29, 1.82) is 0 Å². The maximum absolute atomic E-state index is 12.8. The smallest absolute Gasteiger partial charge is 0.260 e. The fourth-order valence-corrected chi connectivity index (χ4v) is 4.91. The molecule has 11 heteroatoms. The molecule has 9 nitrogen and oxygen atoms in total. The number of nitrogens with zero attached hydrogens (tertiary/aromatic N) is 4. The summed E-state index contributed by atoms with van der Waals surface area (Å²) in [6, 6.07) is 5.40. The number of hydrogen-bond acceptors (Lipinski definition) is 9. The number of nitrogens with one attached hydrogen (secondary N) is 1. The first kappa shape index (κ1) is 18.7. The van der Waals surface area contributed by atoms with Gasteiger partial charge in [0.1, 0.15) is 22.2 Å². The summed E-state index contributed by atoms with van der Waals surface area (Å²) in [6.07, 6.45) is 3.16. The zero-order valence-corrected chi connectivity index (χ0v) is 17.6. The largest absolute Gasteiger partial charge is 0.469 e. The second-order valence-electron chi connectivity index (χ2n) is 6.58. The van der Waals surface area contributed by atoms with Gasteiger partial charge >= 0.3 is 0 Å². The van der Waals surface area contributed by atoms with Gasteiger partial charge in [-0.1, -0.05) is 11.8 Å². The summed E-state index contributed by atoms with van der Waals surface area (Å²) < 4.78 is 12.2. The van der Waals surface area contributed by atoms with E-state index in [1.165, 1.54) is 27.8 Å². The predicted octanol–water partition coefficient (Wildman–Crippen LogP) is 3.97. The van der Waals surface area contributed by atoms with Gasteiger partial charge in [0.05, 0.1) is 28.7 Å². The molecule has 0 aliphatic carbocycles. The monoisotopic (exact) mass is 440 g/mol. The first-order valence-corrected chi connectivity index (χ1v) is 10.8. The van der Waals surface area contributed by atoms with E-state index in [0.717, 1.165) is 11.1 Å². The Kier molecular flexibility index (Phi) is 4.48. The molecule has 0 aliphatic heterocycles. The number of fused-ring (bicyclic) bond motifs is 1. The van der Waals surface area contributed by atoms with Crippen molar-refractivity contribution in [3.8, 4) is 22.7 Å². The van der Waals surface area contributed by atoms with Gasteiger partial charge in [-0.25, -0.2) is 9.66 Å². The van der Waals surface area contributed by atoms with Crippen LogP contribution < -0.4 is 11.4 Å². The first-order valence-electron chi connectivity index (χ1n) is 9.00. The number of thiophene rings is 1. The summed E-state index contributed by atoms with van der Waals surface area (Å²) in [5.74, 6) is 8.59. The quantitative estimate of drug-likeness (QED) is 0.310. The number of H-pyrrole nitrogens is 1. The number of furan rings is 2. The van der Waals surface area contributed by atoms with Crippen LogP contribution in [0.3, 0.4) is 0 Å². The molecule has 0 radical (unpaired) electrons. The maximum Gasteiger partial charge on any atom is 0.260 e. The van der Waals surface area contributed by atoms with E-state index in [1.54, 1.807) is 24.7 Å². The highest BCUT2D eigenvalue weighted by Gasteiger charge is 2.21. The summed E-state index contributed by atoms with van der Waals surface area (Å²) in [7, 11) is 0. The first-order chi connectivity index (χ1) is 14.5. The lowest BCUT2D eigenvalue weighted by Crippen LogP contribution is -2.14. The van der Waals surface area contributed by atoms with Gasteiger partial charge in [0.15, 0.2) is 5.82 Å². The molecule has 152 valence electrons. The Labute approximate surface area is 177 Å². The average molecular weight is 441 g/mol. The van der Waals surface area contributed by atoms with Crippen molar-refractivity contribution in [3.63, 3.8) is 0 Å². The van der Waals surface area contributed by atoms with Gasteiger partial charge in [0.2, 0.25) is 5.16 Å². The lowest BCUT2D eigenvalue weighted by Gasteiger charge is -2.10. The maximum atomic E-state index is 12.8. The van der Waals surface area contributed by atoms with Gasteiger partial charge in [-0.15, -0.1) is 21.5 Å². The molecule has 0 aromatic carbocycles. The van der Waals surface area contributed by atoms with Crippen LogP contribution in [0.4, 0.5) is 0 Å². The van der Waals surface area contributed by atoms with Crippen LogP contribution in [-0.2, 0) is 0 Å². The van der Waals surface area contributed by atoms with Gasteiger partial charge in [-0.3, -0.25) is 4.79 Å². The molecule has 30 heavy (non-hydrogen) atoms. The number of nitrogens with two attached hydrogens (primary N) is 1. The molecule has 1 atom stereocenters. The van der Waals surface area contributed by atoms with E-state index >= 15 is 0 Å². The molecule has 0 saturated heterocycles.